The molecule has 0 fully saturated rings. The number of aryl methyl sites for hydroxylation is 2. The number of carbonyl (C=O) groups is 3. The molecule has 50 heavy (non-hydrogen) atoms. The molecule has 9 heteroatoms. The van der Waals surface area contributed by atoms with Gasteiger partial charge in [-0.3, -0.25) is 14.4 Å². The Kier molecular flexibility index (Phi) is 11.0. The maximum absolute atomic E-state index is 13.9. The van der Waals surface area contributed by atoms with Crippen molar-refractivity contribution in [3.63, 3.8) is 0 Å². The van der Waals surface area contributed by atoms with E-state index >= 15 is 0 Å². The molecule has 5 aromatic carbocycles. The highest BCUT2D eigenvalue weighted by atomic mass is 32.2. The average molecular weight is 695 g/mol. The van der Waals surface area contributed by atoms with Crippen molar-refractivity contribution in [2.75, 3.05) is 10.6 Å². The number of anilines is 2. The van der Waals surface area contributed by atoms with Gasteiger partial charge in [-0.15, -0.1) is 23.1 Å². The molecule has 248 valence electrons. The molecule has 1 aromatic heterocycles. The fourth-order valence-electron chi connectivity index (χ4n) is 5.14. The number of amides is 3. The zero-order valence-corrected chi connectivity index (χ0v) is 29.1. The molecule has 3 N–H and O–H groups in total. The summed E-state index contributed by atoms with van der Waals surface area (Å²) >= 11 is 2.81. The van der Waals surface area contributed by atoms with Crippen LogP contribution in [0.4, 0.5) is 10.8 Å². The second-order valence-electron chi connectivity index (χ2n) is 11.5. The second-order valence-corrected chi connectivity index (χ2v) is 13.8. The SMILES string of the molecule is Cc1ccc(-c2nc(NC(=O)C(Sc3cccc(NC(=O)/C(=C/c4ccccc4)NC(=O)c4ccccc4)c3)c3ccccc3)sc2C)cc1. The van der Waals surface area contributed by atoms with Gasteiger partial charge in [-0.2, -0.15) is 0 Å². The van der Waals surface area contributed by atoms with Gasteiger partial charge in [0.25, 0.3) is 11.8 Å². The van der Waals surface area contributed by atoms with Crippen molar-refractivity contribution in [2.24, 2.45) is 0 Å². The molecule has 1 heterocycles. The first-order valence-corrected chi connectivity index (χ1v) is 17.6. The maximum atomic E-state index is 13.9. The largest absolute Gasteiger partial charge is 0.321 e. The van der Waals surface area contributed by atoms with E-state index in [9.17, 15) is 14.4 Å². The fraction of sp³-hybridized carbons (Fsp3) is 0.0732. The standard InChI is InChI=1S/C41H34N4O3S2/c1-27-21-23-30(24-22-27)36-28(2)49-41(44-36)45-40(48)37(31-15-8-4-9-16-31)50-34-20-12-19-33(26-34)42-39(47)35(25-29-13-6-3-7-14-29)43-38(46)32-17-10-5-11-18-32/h3-26,37H,1-2H3,(H,42,47)(H,43,46)(H,44,45,48)/b35-25-. The van der Waals surface area contributed by atoms with E-state index in [1.54, 1.807) is 36.4 Å². The van der Waals surface area contributed by atoms with Gasteiger partial charge in [0.2, 0.25) is 5.91 Å². The van der Waals surface area contributed by atoms with Crippen LogP contribution in [-0.2, 0) is 9.59 Å². The first kappa shape index (κ1) is 34.1. The Morgan fingerprint density at radius 1 is 0.740 bits per heavy atom. The summed E-state index contributed by atoms with van der Waals surface area (Å²) < 4.78 is 0. The molecular formula is C41H34N4O3S2. The molecule has 1 atom stereocenters. The number of aromatic nitrogens is 1. The number of thioether (sulfide) groups is 1. The Labute approximate surface area is 299 Å². The Morgan fingerprint density at radius 2 is 1.40 bits per heavy atom. The lowest BCUT2D eigenvalue weighted by molar-refractivity contribution is -0.116. The lowest BCUT2D eigenvalue weighted by atomic mass is 10.1. The van der Waals surface area contributed by atoms with Gasteiger partial charge < -0.3 is 16.0 Å². The highest BCUT2D eigenvalue weighted by Crippen LogP contribution is 2.38. The Balaban J connectivity index is 1.21. The predicted molar refractivity (Wildman–Crippen MR) is 204 cm³/mol. The molecule has 0 saturated carbocycles. The van der Waals surface area contributed by atoms with Crippen molar-refractivity contribution in [1.29, 1.82) is 0 Å². The van der Waals surface area contributed by atoms with Crippen LogP contribution in [0.1, 0.15) is 37.2 Å². The summed E-state index contributed by atoms with van der Waals surface area (Å²) in [5.74, 6) is -1.09. The molecule has 0 bridgehead atoms. The molecule has 3 amide bonds. The van der Waals surface area contributed by atoms with E-state index in [2.05, 4.69) is 16.0 Å². The van der Waals surface area contributed by atoms with Crippen LogP contribution < -0.4 is 16.0 Å². The molecule has 7 nitrogen and oxygen atoms in total. The number of nitrogens with zero attached hydrogens (tertiary/aromatic N) is 1. The maximum Gasteiger partial charge on any atom is 0.272 e. The van der Waals surface area contributed by atoms with Gasteiger partial charge >= 0.3 is 0 Å². The topological polar surface area (TPSA) is 100 Å². The third kappa shape index (κ3) is 8.82. The molecule has 0 radical (unpaired) electrons. The third-order valence-corrected chi connectivity index (χ3v) is 9.81. The van der Waals surface area contributed by atoms with Crippen LogP contribution in [0.5, 0.6) is 0 Å². The summed E-state index contributed by atoms with van der Waals surface area (Å²) in [6.07, 6.45) is 1.63. The van der Waals surface area contributed by atoms with Gasteiger partial charge in [0.1, 0.15) is 10.9 Å². The number of benzene rings is 5. The predicted octanol–water partition coefficient (Wildman–Crippen LogP) is 9.31. The smallest absolute Gasteiger partial charge is 0.272 e. The van der Waals surface area contributed by atoms with Crippen LogP contribution in [0.25, 0.3) is 17.3 Å². The monoisotopic (exact) mass is 694 g/mol. The minimum absolute atomic E-state index is 0.0911. The first-order chi connectivity index (χ1) is 24.3. The second kappa shape index (κ2) is 16.1. The molecule has 0 aliphatic heterocycles. The lowest BCUT2D eigenvalue weighted by Gasteiger charge is -2.17. The summed E-state index contributed by atoms with van der Waals surface area (Å²) in [5.41, 5.74) is 5.63. The number of rotatable bonds is 11. The zero-order chi connectivity index (χ0) is 34.9. The Bertz CT molecular complexity index is 2130. The molecule has 1 unspecified atom stereocenters. The van der Waals surface area contributed by atoms with E-state index in [0.29, 0.717) is 16.4 Å². The van der Waals surface area contributed by atoms with E-state index in [0.717, 1.165) is 32.2 Å². The summed E-state index contributed by atoms with van der Waals surface area (Å²) in [6.45, 7) is 4.04. The van der Waals surface area contributed by atoms with Crippen LogP contribution in [0.15, 0.2) is 150 Å². The number of hydrogen-bond donors (Lipinski definition) is 3. The van der Waals surface area contributed by atoms with Gasteiger partial charge in [0.05, 0.1) is 5.69 Å². The number of hydrogen-bond acceptors (Lipinski definition) is 6. The minimum Gasteiger partial charge on any atom is -0.321 e. The highest BCUT2D eigenvalue weighted by molar-refractivity contribution is 8.00. The Hall–Kier alpha value is -5.77. The van der Waals surface area contributed by atoms with Crippen LogP contribution in [-0.4, -0.2) is 22.7 Å². The number of thiazole rings is 1. The fourth-order valence-corrected chi connectivity index (χ4v) is 7.06. The molecular weight excluding hydrogens is 661 g/mol. The quantitative estimate of drug-likeness (QED) is 0.0928. The van der Waals surface area contributed by atoms with Crippen molar-refractivity contribution in [1.82, 2.24) is 10.3 Å². The van der Waals surface area contributed by atoms with Crippen molar-refractivity contribution in [2.45, 2.75) is 24.0 Å². The molecule has 0 saturated heterocycles. The van der Waals surface area contributed by atoms with Gasteiger partial charge in [0.15, 0.2) is 5.13 Å². The van der Waals surface area contributed by atoms with Crippen molar-refractivity contribution < 1.29 is 14.4 Å². The summed E-state index contributed by atoms with van der Waals surface area (Å²) in [5, 5.41) is 8.67. The van der Waals surface area contributed by atoms with Crippen LogP contribution >= 0.6 is 23.1 Å². The van der Waals surface area contributed by atoms with E-state index in [1.165, 1.54) is 28.7 Å². The van der Waals surface area contributed by atoms with Crippen LogP contribution in [0.3, 0.4) is 0 Å². The number of nitrogens with one attached hydrogen (secondary N) is 3. The Morgan fingerprint density at radius 3 is 2.10 bits per heavy atom. The molecule has 0 spiro atoms. The van der Waals surface area contributed by atoms with Gasteiger partial charge in [-0.1, -0.05) is 115 Å². The van der Waals surface area contributed by atoms with Gasteiger partial charge in [-0.05, 0) is 61.4 Å². The van der Waals surface area contributed by atoms with Crippen molar-refractivity contribution >= 4 is 57.7 Å². The van der Waals surface area contributed by atoms with Crippen molar-refractivity contribution in [3.05, 3.63) is 172 Å². The molecule has 0 aliphatic carbocycles. The molecule has 6 aromatic rings. The number of carbonyl (C=O) groups excluding carboxylic acids is 3. The molecule has 6 rings (SSSR count). The van der Waals surface area contributed by atoms with E-state index in [-0.39, 0.29) is 11.6 Å². The lowest BCUT2D eigenvalue weighted by Crippen LogP contribution is -2.30. The normalized spacial score (nSPS) is 11.8. The van der Waals surface area contributed by atoms with E-state index in [1.807, 2.05) is 123 Å². The van der Waals surface area contributed by atoms with E-state index in [4.69, 9.17) is 4.98 Å². The summed E-state index contributed by atoms with van der Waals surface area (Å²) in [4.78, 5) is 47.1. The van der Waals surface area contributed by atoms with Crippen LogP contribution in [0.2, 0.25) is 0 Å². The van der Waals surface area contributed by atoms with Crippen molar-refractivity contribution in [3.8, 4) is 11.3 Å². The minimum atomic E-state index is -0.604. The molecule has 0 aliphatic rings. The third-order valence-electron chi connectivity index (χ3n) is 7.68. The summed E-state index contributed by atoms with van der Waals surface area (Å²) in [7, 11) is 0. The first-order valence-electron chi connectivity index (χ1n) is 15.9. The average Bonchev–Trinajstić information content (AvgIpc) is 3.51. The van der Waals surface area contributed by atoms with Gasteiger partial charge in [0, 0.05) is 26.6 Å². The van der Waals surface area contributed by atoms with Gasteiger partial charge in [-0.25, -0.2) is 4.98 Å². The van der Waals surface area contributed by atoms with E-state index < -0.39 is 17.1 Å². The highest BCUT2D eigenvalue weighted by Gasteiger charge is 2.24. The van der Waals surface area contributed by atoms with Crippen LogP contribution in [0, 0.1) is 13.8 Å². The summed E-state index contributed by atoms with van der Waals surface area (Å²) in [6, 6.07) is 43.1. The zero-order valence-electron chi connectivity index (χ0n) is 27.4.